The molecule has 1 heterocycles. The minimum atomic E-state index is -3.04. The number of carbonyl (C=O) groups excluding carboxylic acids is 2. The molecule has 0 aliphatic carbocycles. The van der Waals surface area contributed by atoms with Gasteiger partial charge in [-0.05, 0) is 23.3 Å². The molecule has 1 fully saturated rings. The number of hydrogen-bond donors (Lipinski definition) is 1. The smallest absolute Gasteiger partial charge is 0.251 e. The summed E-state index contributed by atoms with van der Waals surface area (Å²) in [5, 5.41) is 2.58. The molecule has 1 saturated heterocycles. The van der Waals surface area contributed by atoms with Gasteiger partial charge in [0.25, 0.3) is 5.91 Å². The van der Waals surface area contributed by atoms with Gasteiger partial charge in [0.05, 0.1) is 11.5 Å². The van der Waals surface area contributed by atoms with Gasteiger partial charge in [-0.3, -0.25) is 14.5 Å². The number of likely N-dealkylation sites (N-methyl/N-ethyl adjacent to an activating group) is 1. The monoisotopic (exact) mass is 429 g/mol. The van der Waals surface area contributed by atoms with E-state index in [9.17, 15) is 18.0 Å². The molecule has 1 aliphatic heterocycles. The first kappa shape index (κ1) is 22.0. The van der Waals surface area contributed by atoms with E-state index < -0.39 is 15.9 Å². The van der Waals surface area contributed by atoms with Gasteiger partial charge in [0.2, 0.25) is 5.91 Å². The number of nitrogens with one attached hydrogen (secondary N) is 1. The number of amides is 2. The number of carbonyl (C=O) groups is 2. The van der Waals surface area contributed by atoms with Gasteiger partial charge in [0.1, 0.15) is 6.04 Å². The van der Waals surface area contributed by atoms with Crippen LogP contribution in [0.2, 0.25) is 0 Å². The van der Waals surface area contributed by atoms with Crippen molar-refractivity contribution in [2.75, 3.05) is 38.7 Å². The minimum absolute atomic E-state index is 0.0638. The topological polar surface area (TPSA) is 86.8 Å². The molecule has 160 valence electrons. The maximum Gasteiger partial charge on any atom is 0.251 e. The zero-order chi connectivity index (χ0) is 21.7. The Morgan fingerprint density at radius 3 is 2.20 bits per heavy atom. The second-order valence-electron chi connectivity index (χ2n) is 7.47. The molecule has 1 unspecified atom stereocenters. The van der Waals surface area contributed by atoms with Crippen LogP contribution in [-0.4, -0.2) is 68.7 Å². The Bertz CT molecular complexity index is 977. The Morgan fingerprint density at radius 1 is 1.03 bits per heavy atom. The molecule has 0 aromatic heterocycles. The summed E-state index contributed by atoms with van der Waals surface area (Å²) in [6.07, 6.45) is 0. The van der Waals surface area contributed by atoms with Crippen molar-refractivity contribution in [3.05, 3.63) is 71.3 Å². The van der Waals surface area contributed by atoms with Gasteiger partial charge in [-0.2, -0.15) is 0 Å². The number of benzene rings is 2. The zero-order valence-electron chi connectivity index (χ0n) is 17.2. The maximum absolute atomic E-state index is 13.4. The van der Waals surface area contributed by atoms with Crippen molar-refractivity contribution in [3.63, 3.8) is 0 Å². The zero-order valence-corrected chi connectivity index (χ0v) is 18.1. The highest BCUT2D eigenvalue weighted by molar-refractivity contribution is 7.91. The number of sulfone groups is 1. The van der Waals surface area contributed by atoms with Crippen molar-refractivity contribution in [3.8, 4) is 0 Å². The summed E-state index contributed by atoms with van der Waals surface area (Å²) in [6.45, 7) is 1.06. The Kier molecular flexibility index (Phi) is 6.89. The van der Waals surface area contributed by atoms with Gasteiger partial charge in [0.15, 0.2) is 9.84 Å². The Labute approximate surface area is 177 Å². The largest absolute Gasteiger partial charge is 0.355 e. The molecule has 1 atom stereocenters. The van der Waals surface area contributed by atoms with Crippen LogP contribution in [0.3, 0.4) is 0 Å². The summed E-state index contributed by atoms with van der Waals surface area (Å²) < 4.78 is 23.7. The van der Waals surface area contributed by atoms with Gasteiger partial charge >= 0.3 is 0 Å². The van der Waals surface area contributed by atoms with Gasteiger partial charge in [-0.15, -0.1) is 0 Å². The van der Waals surface area contributed by atoms with Crippen LogP contribution in [0.25, 0.3) is 0 Å². The van der Waals surface area contributed by atoms with Crippen LogP contribution in [0.4, 0.5) is 0 Å². The van der Waals surface area contributed by atoms with E-state index in [2.05, 4.69) is 5.32 Å². The van der Waals surface area contributed by atoms with Crippen molar-refractivity contribution < 1.29 is 18.0 Å². The first-order valence-corrected chi connectivity index (χ1v) is 11.7. The molecule has 1 N–H and O–H groups in total. The highest BCUT2D eigenvalue weighted by Gasteiger charge is 2.34. The van der Waals surface area contributed by atoms with E-state index in [1.807, 2.05) is 47.4 Å². The van der Waals surface area contributed by atoms with Crippen LogP contribution >= 0.6 is 0 Å². The summed E-state index contributed by atoms with van der Waals surface area (Å²) in [5.74, 6) is -0.117. The van der Waals surface area contributed by atoms with Crippen molar-refractivity contribution in [2.45, 2.75) is 12.6 Å². The molecule has 0 bridgehead atoms. The molecule has 3 rings (SSSR count). The molecule has 2 aromatic rings. The van der Waals surface area contributed by atoms with E-state index in [1.165, 1.54) is 0 Å². The van der Waals surface area contributed by atoms with E-state index in [4.69, 9.17) is 0 Å². The Morgan fingerprint density at radius 2 is 1.63 bits per heavy atom. The molecule has 0 radical (unpaired) electrons. The Hall–Kier alpha value is -2.71. The van der Waals surface area contributed by atoms with E-state index >= 15 is 0 Å². The van der Waals surface area contributed by atoms with Gasteiger partial charge < -0.3 is 10.2 Å². The summed E-state index contributed by atoms with van der Waals surface area (Å²) in [6, 6.07) is 16.1. The van der Waals surface area contributed by atoms with Crippen molar-refractivity contribution in [1.29, 1.82) is 0 Å². The summed E-state index contributed by atoms with van der Waals surface area (Å²) in [4.78, 5) is 28.7. The predicted molar refractivity (Wildman–Crippen MR) is 116 cm³/mol. The normalized spacial score (nSPS) is 17.1. The third-order valence-electron chi connectivity index (χ3n) is 5.33. The molecule has 1 aliphatic rings. The number of rotatable bonds is 6. The fraction of sp³-hybridized carbons (Fsp3) is 0.364. The number of nitrogens with zero attached hydrogens (tertiary/aromatic N) is 2. The number of hydrogen-bond acceptors (Lipinski definition) is 5. The second-order valence-corrected chi connectivity index (χ2v) is 9.77. The van der Waals surface area contributed by atoms with Crippen LogP contribution in [-0.2, 0) is 21.2 Å². The Balaban J connectivity index is 1.77. The highest BCUT2D eigenvalue weighted by atomic mass is 32.2. The molecule has 2 amide bonds. The van der Waals surface area contributed by atoms with Crippen molar-refractivity contribution >= 4 is 21.7 Å². The quantitative estimate of drug-likeness (QED) is 0.752. The van der Waals surface area contributed by atoms with Crippen molar-refractivity contribution in [1.82, 2.24) is 15.1 Å². The van der Waals surface area contributed by atoms with Crippen LogP contribution in [0.5, 0.6) is 0 Å². The predicted octanol–water partition coefficient (Wildman–Crippen LogP) is 1.48. The van der Waals surface area contributed by atoms with Crippen LogP contribution in [0.1, 0.15) is 27.5 Å². The van der Waals surface area contributed by atoms with Crippen LogP contribution < -0.4 is 5.32 Å². The highest BCUT2D eigenvalue weighted by Crippen LogP contribution is 2.25. The summed E-state index contributed by atoms with van der Waals surface area (Å²) in [5.41, 5.74) is 2.32. The van der Waals surface area contributed by atoms with Gasteiger partial charge in [0, 0.05) is 39.3 Å². The summed E-state index contributed by atoms with van der Waals surface area (Å²) in [7, 11) is 0.285. The average Bonchev–Trinajstić information content (AvgIpc) is 2.75. The third kappa shape index (κ3) is 5.25. The van der Waals surface area contributed by atoms with Crippen LogP contribution in [0, 0.1) is 0 Å². The SMILES string of the molecule is CNC(=O)c1ccc(CN(C)C(=O)C(c2ccccc2)N2CCS(=O)(=O)CC2)cc1. The second kappa shape index (κ2) is 9.40. The van der Waals surface area contributed by atoms with E-state index in [-0.39, 0.29) is 23.3 Å². The molecule has 8 heteroatoms. The van der Waals surface area contributed by atoms with E-state index in [0.29, 0.717) is 25.2 Å². The van der Waals surface area contributed by atoms with Crippen molar-refractivity contribution in [2.24, 2.45) is 0 Å². The molecule has 7 nitrogen and oxygen atoms in total. The molecule has 0 spiro atoms. The minimum Gasteiger partial charge on any atom is -0.355 e. The van der Waals surface area contributed by atoms with Gasteiger partial charge in [-0.25, -0.2) is 8.42 Å². The van der Waals surface area contributed by atoms with E-state index in [1.54, 1.807) is 31.1 Å². The molecule has 2 aromatic carbocycles. The molecular weight excluding hydrogens is 402 g/mol. The fourth-order valence-corrected chi connectivity index (χ4v) is 4.83. The van der Waals surface area contributed by atoms with E-state index in [0.717, 1.165) is 11.1 Å². The fourth-order valence-electron chi connectivity index (χ4n) is 3.60. The first-order valence-electron chi connectivity index (χ1n) is 9.86. The molecule has 0 saturated carbocycles. The third-order valence-corrected chi connectivity index (χ3v) is 6.94. The lowest BCUT2D eigenvalue weighted by molar-refractivity contribution is -0.136. The molecular formula is C22H27N3O4S. The van der Waals surface area contributed by atoms with Crippen LogP contribution in [0.15, 0.2) is 54.6 Å². The lowest BCUT2D eigenvalue weighted by Gasteiger charge is -2.35. The lowest BCUT2D eigenvalue weighted by atomic mass is 10.0. The summed E-state index contributed by atoms with van der Waals surface area (Å²) >= 11 is 0. The first-order chi connectivity index (χ1) is 14.3. The standard InChI is InChI=1S/C22H27N3O4S/c1-23-21(26)19-10-8-17(9-11-19)16-24(2)22(27)20(18-6-4-3-5-7-18)25-12-14-30(28,29)15-13-25/h3-11,20H,12-16H2,1-2H3,(H,23,26). The average molecular weight is 430 g/mol. The molecule has 30 heavy (non-hydrogen) atoms. The van der Waals surface area contributed by atoms with Gasteiger partial charge in [-0.1, -0.05) is 42.5 Å². The maximum atomic E-state index is 13.4. The lowest BCUT2D eigenvalue weighted by Crippen LogP contribution is -2.47.